The molecule has 0 aliphatic carbocycles. The van der Waals surface area contributed by atoms with E-state index in [1.54, 1.807) is 43.9 Å². The minimum Gasteiger partial charge on any atom is -0.495 e. The summed E-state index contributed by atoms with van der Waals surface area (Å²) in [5.74, 6) is 1.06. The summed E-state index contributed by atoms with van der Waals surface area (Å²) in [5.41, 5.74) is 1.69. The van der Waals surface area contributed by atoms with Crippen LogP contribution < -0.4 is 9.47 Å². The third-order valence-electron chi connectivity index (χ3n) is 3.49. The molecule has 0 saturated carbocycles. The minimum absolute atomic E-state index is 0.221. The number of nitrogens with zero attached hydrogens (tertiary/aromatic N) is 2. The molecule has 2 aromatic carbocycles. The third kappa shape index (κ3) is 3.32. The number of imidazole rings is 1. The lowest BCUT2D eigenvalue weighted by Gasteiger charge is -2.16. The predicted molar refractivity (Wildman–Crippen MR) is 89.9 cm³/mol. The first-order chi connectivity index (χ1) is 11.7. The normalized spacial score (nSPS) is 11.9. The lowest BCUT2D eigenvalue weighted by atomic mass is 10.1. The highest BCUT2D eigenvalue weighted by Crippen LogP contribution is 2.28. The Labute approximate surface area is 142 Å². The Balaban J connectivity index is 1.93. The Bertz CT molecular complexity index is 850. The number of benzene rings is 2. The highest BCUT2D eigenvalue weighted by atomic mass is 32.2. The molecule has 1 N–H and O–H groups in total. The van der Waals surface area contributed by atoms with Crippen LogP contribution in [-0.2, 0) is 17.7 Å². The van der Waals surface area contributed by atoms with Crippen molar-refractivity contribution in [1.29, 1.82) is 0 Å². The number of para-hydroxylation sites is 2. The highest BCUT2D eigenvalue weighted by Gasteiger charge is 2.13. The maximum absolute atomic E-state index is 11.4. The quantitative estimate of drug-likeness (QED) is 0.696. The molecule has 1 unspecified atom stereocenters. The summed E-state index contributed by atoms with van der Waals surface area (Å²) in [6, 6.07) is 12.3. The van der Waals surface area contributed by atoms with Gasteiger partial charge in [0.1, 0.15) is 23.0 Å². The Morgan fingerprint density at radius 1 is 1.17 bits per heavy atom. The molecule has 0 aliphatic heterocycles. The number of hydrogen-bond acceptors (Lipinski definition) is 4. The van der Waals surface area contributed by atoms with Crippen molar-refractivity contribution in [2.45, 2.75) is 11.5 Å². The Morgan fingerprint density at radius 3 is 2.67 bits per heavy atom. The van der Waals surface area contributed by atoms with Crippen LogP contribution in [0.4, 0.5) is 0 Å². The van der Waals surface area contributed by atoms with Crippen molar-refractivity contribution in [2.24, 2.45) is 0 Å². The maximum atomic E-state index is 11.4. The molecule has 0 bridgehead atoms. The molecule has 0 radical (unpaired) electrons. The summed E-state index contributed by atoms with van der Waals surface area (Å²) in [6.45, 7) is 0.221. The Morgan fingerprint density at radius 2 is 1.96 bits per heavy atom. The fraction of sp³-hybridized carbons (Fsp3) is 0.118. The number of aromatic nitrogens is 2. The first-order valence-electron chi connectivity index (χ1n) is 7.17. The van der Waals surface area contributed by atoms with Crippen molar-refractivity contribution in [2.75, 3.05) is 7.11 Å². The van der Waals surface area contributed by atoms with E-state index in [0.717, 1.165) is 11.3 Å². The SMILES string of the molecule is COc1cccc(COc2ccccc2S(=O)O)c1-n1ccnc1. The van der Waals surface area contributed by atoms with E-state index in [0.29, 0.717) is 11.5 Å². The second-order valence-electron chi connectivity index (χ2n) is 4.92. The van der Waals surface area contributed by atoms with Gasteiger partial charge in [0.25, 0.3) is 0 Å². The van der Waals surface area contributed by atoms with Gasteiger partial charge in [-0.1, -0.05) is 24.3 Å². The van der Waals surface area contributed by atoms with Gasteiger partial charge in [0.15, 0.2) is 11.1 Å². The molecule has 1 atom stereocenters. The van der Waals surface area contributed by atoms with E-state index in [4.69, 9.17) is 9.47 Å². The fourth-order valence-corrected chi connectivity index (χ4v) is 2.90. The molecule has 0 spiro atoms. The van der Waals surface area contributed by atoms with Crippen LogP contribution in [0.2, 0.25) is 0 Å². The topological polar surface area (TPSA) is 73.6 Å². The Kier molecular flexibility index (Phi) is 4.93. The summed E-state index contributed by atoms with van der Waals surface area (Å²) in [4.78, 5) is 4.30. The zero-order chi connectivity index (χ0) is 16.9. The van der Waals surface area contributed by atoms with Crippen molar-refractivity contribution in [3.63, 3.8) is 0 Å². The smallest absolute Gasteiger partial charge is 0.190 e. The van der Waals surface area contributed by atoms with E-state index in [-0.39, 0.29) is 11.5 Å². The second kappa shape index (κ2) is 7.29. The molecule has 7 heteroatoms. The van der Waals surface area contributed by atoms with Crippen LogP contribution in [-0.4, -0.2) is 25.4 Å². The average Bonchev–Trinajstić information content (AvgIpc) is 3.13. The largest absolute Gasteiger partial charge is 0.495 e. The van der Waals surface area contributed by atoms with Gasteiger partial charge in [-0.05, 0) is 18.2 Å². The van der Waals surface area contributed by atoms with Crippen molar-refractivity contribution in [1.82, 2.24) is 9.55 Å². The second-order valence-corrected chi connectivity index (χ2v) is 5.86. The highest BCUT2D eigenvalue weighted by molar-refractivity contribution is 7.79. The maximum Gasteiger partial charge on any atom is 0.190 e. The summed E-state index contributed by atoms with van der Waals surface area (Å²) in [7, 11) is 1.60. The summed E-state index contributed by atoms with van der Waals surface area (Å²) >= 11 is -2.10. The van der Waals surface area contributed by atoms with Crippen molar-refractivity contribution in [3.8, 4) is 17.2 Å². The van der Waals surface area contributed by atoms with Crippen LogP contribution in [0.15, 0.2) is 66.1 Å². The molecule has 0 amide bonds. The van der Waals surface area contributed by atoms with E-state index < -0.39 is 11.1 Å². The monoisotopic (exact) mass is 344 g/mol. The average molecular weight is 344 g/mol. The molecule has 6 nitrogen and oxygen atoms in total. The zero-order valence-electron chi connectivity index (χ0n) is 13.0. The van der Waals surface area contributed by atoms with Gasteiger partial charge in [0.05, 0.1) is 19.1 Å². The van der Waals surface area contributed by atoms with E-state index in [1.165, 1.54) is 0 Å². The van der Waals surface area contributed by atoms with Gasteiger partial charge in [0.2, 0.25) is 0 Å². The summed E-state index contributed by atoms with van der Waals surface area (Å²) in [6.07, 6.45) is 5.18. The van der Waals surface area contributed by atoms with Crippen LogP contribution in [0.5, 0.6) is 11.5 Å². The number of methoxy groups -OCH3 is 1. The molecular formula is C17H16N2O4S. The fourth-order valence-electron chi connectivity index (χ4n) is 2.40. The van der Waals surface area contributed by atoms with Crippen molar-refractivity contribution >= 4 is 11.1 Å². The molecule has 1 heterocycles. The van der Waals surface area contributed by atoms with Crippen molar-refractivity contribution < 1.29 is 18.2 Å². The molecule has 0 saturated heterocycles. The van der Waals surface area contributed by atoms with Crippen LogP contribution in [0, 0.1) is 0 Å². The third-order valence-corrected chi connectivity index (χ3v) is 4.20. The van der Waals surface area contributed by atoms with Gasteiger partial charge in [-0.15, -0.1) is 0 Å². The molecule has 124 valence electrons. The van der Waals surface area contributed by atoms with E-state index in [2.05, 4.69) is 4.98 Å². The zero-order valence-corrected chi connectivity index (χ0v) is 13.8. The van der Waals surface area contributed by atoms with Gasteiger partial charge >= 0.3 is 0 Å². The lowest BCUT2D eigenvalue weighted by Crippen LogP contribution is -2.05. The summed E-state index contributed by atoms with van der Waals surface area (Å²) in [5, 5.41) is 0. The van der Waals surface area contributed by atoms with Crippen LogP contribution >= 0.6 is 0 Å². The lowest BCUT2D eigenvalue weighted by molar-refractivity contribution is 0.296. The number of rotatable bonds is 6. The van der Waals surface area contributed by atoms with Crippen LogP contribution in [0.1, 0.15) is 5.56 Å². The molecule has 1 aromatic heterocycles. The van der Waals surface area contributed by atoms with Gasteiger partial charge < -0.3 is 18.6 Å². The van der Waals surface area contributed by atoms with Gasteiger partial charge in [-0.2, -0.15) is 0 Å². The first-order valence-corrected chi connectivity index (χ1v) is 8.28. The molecule has 0 aliphatic rings. The van der Waals surface area contributed by atoms with Crippen LogP contribution in [0.3, 0.4) is 0 Å². The van der Waals surface area contributed by atoms with Gasteiger partial charge in [-0.3, -0.25) is 0 Å². The van der Waals surface area contributed by atoms with Crippen molar-refractivity contribution in [3.05, 3.63) is 66.7 Å². The molecule has 0 fully saturated rings. The minimum atomic E-state index is -2.10. The number of hydrogen-bond donors (Lipinski definition) is 1. The standard InChI is InChI=1S/C17H16N2O4S/c1-22-15-7-4-5-13(17(15)19-10-9-18-12-19)11-23-14-6-2-3-8-16(14)24(20)21/h2-10,12H,11H2,1H3,(H,20,21). The summed E-state index contributed by atoms with van der Waals surface area (Å²) < 4.78 is 33.8. The Hall–Kier alpha value is -2.64. The van der Waals surface area contributed by atoms with Crippen LogP contribution in [0.25, 0.3) is 5.69 Å². The van der Waals surface area contributed by atoms with E-state index >= 15 is 0 Å². The van der Waals surface area contributed by atoms with E-state index in [1.807, 2.05) is 29.0 Å². The van der Waals surface area contributed by atoms with Gasteiger partial charge in [-0.25, -0.2) is 9.19 Å². The van der Waals surface area contributed by atoms with E-state index in [9.17, 15) is 8.76 Å². The predicted octanol–water partition coefficient (Wildman–Crippen LogP) is 3.04. The molecule has 24 heavy (non-hydrogen) atoms. The first kappa shape index (κ1) is 16.2. The van der Waals surface area contributed by atoms with Gasteiger partial charge in [0, 0.05) is 18.0 Å². The molecule has 3 rings (SSSR count). The number of ether oxygens (including phenoxy) is 2. The molecule has 3 aromatic rings. The molecular weight excluding hydrogens is 328 g/mol.